The minimum Gasteiger partial charge on any atom is -0.467 e. The molecule has 0 aliphatic heterocycles. The summed E-state index contributed by atoms with van der Waals surface area (Å²) in [5.41, 5.74) is -2.21. The van der Waals surface area contributed by atoms with Gasteiger partial charge in [-0.15, -0.1) is 0 Å². The Hall–Kier alpha value is -5.85. The highest BCUT2D eigenvalue weighted by atomic mass is 16.6. The second-order valence-electron chi connectivity index (χ2n) is 8.80. The van der Waals surface area contributed by atoms with Gasteiger partial charge in [-0.2, -0.15) is 0 Å². The highest BCUT2D eigenvalue weighted by molar-refractivity contribution is 5.89. The van der Waals surface area contributed by atoms with Crippen LogP contribution in [0.3, 0.4) is 0 Å². The number of para-hydroxylation sites is 1. The van der Waals surface area contributed by atoms with E-state index in [1.54, 1.807) is 60.7 Å². The van der Waals surface area contributed by atoms with Crippen molar-refractivity contribution in [2.45, 2.75) is 11.6 Å². The number of nitro groups is 3. The monoisotopic (exact) mass is 557 g/mol. The van der Waals surface area contributed by atoms with Gasteiger partial charge in [0.15, 0.2) is 5.54 Å². The van der Waals surface area contributed by atoms with Crippen molar-refractivity contribution < 1.29 is 24.3 Å². The molecule has 0 heterocycles. The van der Waals surface area contributed by atoms with Crippen molar-refractivity contribution in [3.8, 4) is 0 Å². The van der Waals surface area contributed by atoms with Crippen LogP contribution in [0.4, 0.5) is 28.4 Å². The molecule has 4 aromatic rings. The van der Waals surface area contributed by atoms with Gasteiger partial charge >= 0.3 is 5.97 Å². The number of nitrogens with zero attached hydrogens (tertiary/aromatic N) is 3. The van der Waals surface area contributed by atoms with Gasteiger partial charge in [0.05, 0.1) is 34.0 Å². The van der Waals surface area contributed by atoms with E-state index in [0.717, 1.165) is 25.3 Å². The molecule has 2 atom stereocenters. The van der Waals surface area contributed by atoms with Gasteiger partial charge in [0.25, 0.3) is 17.1 Å². The van der Waals surface area contributed by atoms with E-state index in [9.17, 15) is 35.1 Å². The van der Waals surface area contributed by atoms with Crippen LogP contribution in [0, 0.1) is 30.3 Å². The normalized spacial score (nSPS) is 12.8. The lowest BCUT2D eigenvalue weighted by Crippen LogP contribution is -2.52. The van der Waals surface area contributed by atoms with Gasteiger partial charge < -0.3 is 15.4 Å². The summed E-state index contributed by atoms with van der Waals surface area (Å²) in [6.07, 6.45) is 0. The fraction of sp³-hybridized carbons (Fsp3) is 0.107. The van der Waals surface area contributed by atoms with Crippen LogP contribution in [-0.4, -0.2) is 27.8 Å². The summed E-state index contributed by atoms with van der Waals surface area (Å²) in [6.45, 7) is 0. The lowest BCUT2D eigenvalue weighted by Gasteiger charge is -2.41. The fourth-order valence-corrected chi connectivity index (χ4v) is 4.49. The van der Waals surface area contributed by atoms with Crippen molar-refractivity contribution in [2.24, 2.45) is 0 Å². The van der Waals surface area contributed by atoms with E-state index in [2.05, 4.69) is 10.6 Å². The average molecular weight is 558 g/mol. The van der Waals surface area contributed by atoms with Crippen molar-refractivity contribution in [1.82, 2.24) is 0 Å². The predicted octanol–water partition coefficient (Wildman–Crippen LogP) is 5.75. The Morgan fingerprint density at radius 3 is 1.85 bits per heavy atom. The molecular weight excluding hydrogens is 534 g/mol. The number of anilines is 2. The number of methoxy groups -OCH3 is 1. The molecule has 0 saturated carbocycles. The number of nitrogens with one attached hydrogen (secondary N) is 2. The topological polar surface area (TPSA) is 180 Å². The van der Waals surface area contributed by atoms with Crippen molar-refractivity contribution >= 4 is 34.4 Å². The molecule has 41 heavy (non-hydrogen) atoms. The van der Waals surface area contributed by atoms with Gasteiger partial charge in [0.1, 0.15) is 5.69 Å². The zero-order chi connectivity index (χ0) is 29.6. The summed E-state index contributed by atoms with van der Waals surface area (Å²) in [5.74, 6) is -0.858. The molecule has 13 nitrogen and oxygen atoms in total. The molecule has 0 spiro atoms. The number of ether oxygens (including phenoxy) is 1. The Morgan fingerprint density at radius 2 is 1.32 bits per heavy atom. The number of nitro benzene ring substituents is 3. The third-order valence-corrected chi connectivity index (χ3v) is 6.41. The molecule has 0 fully saturated rings. The molecule has 0 bridgehead atoms. The molecule has 208 valence electrons. The lowest BCUT2D eigenvalue weighted by atomic mass is 9.78. The Kier molecular flexibility index (Phi) is 8.18. The molecule has 4 rings (SSSR count). The Balaban J connectivity index is 2.03. The van der Waals surface area contributed by atoms with Crippen LogP contribution in [0.15, 0.2) is 103 Å². The van der Waals surface area contributed by atoms with Crippen molar-refractivity contribution in [3.63, 3.8) is 0 Å². The van der Waals surface area contributed by atoms with Gasteiger partial charge in [-0.3, -0.25) is 30.3 Å². The summed E-state index contributed by atoms with van der Waals surface area (Å²) in [6, 6.07) is 24.4. The zero-order valence-corrected chi connectivity index (χ0v) is 21.5. The summed E-state index contributed by atoms with van der Waals surface area (Å²) in [7, 11) is 1.15. The smallest absolute Gasteiger partial charge is 0.338 e. The first-order valence-corrected chi connectivity index (χ1v) is 12.1. The quantitative estimate of drug-likeness (QED) is 0.131. The number of carbonyl (C=O) groups is 1. The first kappa shape index (κ1) is 28.2. The van der Waals surface area contributed by atoms with Gasteiger partial charge in [0, 0.05) is 23.9 Å². The highest BCUT2D eigenvalue weighted by Gasteiger charge is 2.51. The predicted molar refractivity (Wildman–Crippen MR) is 149 cm³/mol. The van der Waals surface area contributed by atoms with E-state index in [4.69, 9.17) is 4.74 Å². The van der Waals surface area contributed by atoms with E-state index in [1.165, 1.54) is 24.3 Å². The van der Waals surface area contributed by atoms with Crippen LogP contribution in [0.2, 0.25) is 0 Å². The van der Waals surface area contributed by atoms with Gasteiger partial charge in [0.2, 0.25) is 0 Å². The van der Waals surface area contributed by atoms with E-state index in [-0.39, 0.29) is 11.4 Å². The number of carbonyl (C=O) groups excluding carboxylic acids is 1. The van der Waals surface area contributed by atoms with Gasteiger partial charge in [-0.25, -0.2) is 4.79 Å². The van der Waals surface area contributed by atoms with Gasteiger partial charge in [-0.1, -0.05) is 60.7 Å². The molecule has 13 heteroatoms. The second-order valence-corrected chi connectivity index (χ2v) is 8.80. The molecule has 0 aliphatic carbocycles. The van der Waals surface area contributed by atoms with Crippen molar-refractivity contribution in [1.29, 1.82) is 0 Å². The van der Waals surface area contributed by atoms with Crippen molar-refractivity contribution in [3.05, 3.63) is 145 Å². The van der Waals surface area contributed by atoms with E-state index >= 15 is 0 Å². The van der Waals surface area contributed by atoms with E-state index < -0.39 is 43.7 Å². The first-order chi connectivity index (χ1) is 19.7. The molecule has 2 N–H and O–H groups in total. The van der Waals surface area contributed by atoms with Crippen molar-refractivity contribution in [2.75, 3.05) is 17.7 Å². The minimum atomic E-state index is -1.94. The Bertz CT molecular complexity index is 1580. The third kappa shape index (κ3) is 5.78. The summed E-state index contributed by atoms with van der Waals surface area (Å²) < 4.78 is 5.28. The maximum Gasteiger partial charge on any atom is 0.338 e. The standard InChI is InChI=1S/C28H23N5O8/c1-41-27(34)28(20-8-4-2-5-9-20,30-24-17-16-23(32(37)38)18-25(24)33(39)40)26(29-21-10-6-3-7-11-21)19-12-14-22(15-13-19)31(35)36/h2-18,26,29-30H,1H3/t26-,28+/m0/s1. The first-order valence-electron chi connectivity index (χ1n) is 12.1. The van der Waals surface area contributed by atoms with Gasteiger partial charge in [-0.05, 0) is 29.3 Å². The number of hydrogen-bond acceptors (Lipinski definition) is 10. The van der Waals surface area contributed by atoms with Crippen LogP contribution in [0.25, 0.3) is 0 Å². The number of rotatable bonds is 11. The maximum absolute atomic E-state index is 14.0. The van der Waals surface area contributed by atoms with Crippen LogP contribution in [0.5, 0.6) is 0 Å². The zero-order valence-electron chi connectivity index (χ0n) is 21.5. The summed E-state index contributed by atoms with van der Waals surface area (Å²) in [4.78, 5) is 46.6. The lowest BCUT2D eigenvalue weighted by molar-refractivity contribution is -0.393. The molecule has 4 aromatic carbocycles. The van der Waals surface area contributed by atoms with Crippen LogP contribution < -0.4 is 10.6 Å². The fourth-order valence-electron chi connectivity index (χ4n) is 4.49. The molecule has 0 aliphatic rings. The highest BCUT2D eigenvalue weighted by Crippen LogP contribution is 2.44. The van der Waals surface area contributed by atoms with E-state index in [0.29, 0.717) is 16.8 Å². The number of benzene rings is 4. The second kappa shape index (κ2) is 11.9. The molecular formula is C28H23N5O8. The number of hydrogen-bond donors (Lipinski definition) is 2. The summed E-state index contributed by atoms with van der Waals surface area (Å²) in [5, 5.41) is 41.0. The van der Waals surface area contributed by atoms with Crippen LogP contribution >= 0.6 is 0 Å². The Labute approximate surface area is 232 Å². The summed E-state index contributed by atoms with van der Waals surface area (Å²) >= 11 is 0. The Morgan fingerprint density at radius 1 is 0.756 bits per heavy atom. The SMILES string of the molecule is COC(=O)[C@@](Nc1ccc([N+](=O)[O-])cc1[N+](=O)[O-])(c1ccccc1)[C@@H](Nc1ccccc1)c1ccc([N+](=O)[O-])cc1. The van der Waals surface area contributed by atoms with E-state index in [1.807, 2.05) is 0 Å². The number of esters is 1. The molecule has 0 saturated heterocycles. The van der Waals surface area contributed by atoms with Crippen LogP contribution in [-0.2, 0) is 15.1 Å². The minimum absolute atomic E-state index is 0.186. The third-order valence-electron chi connectivity index (χ3n) is 6.41. The van der Waals surface area contributed by atoms with Crippen LogP contribution in [0.1, 0.15) is 17.2 Å². The molecule has 0 radical (unpaired) electrons. The molecule has 0 aromatic heterocycles. The molecule has 0 unspecified atom stereocenters. The maximum atomic E-state index is 14.0. The molecule has 0 amide bonds. The largest absolute Gasteiger partial charge is 0.467 e. The average Bonchev–Trinajstić information content (AvgIpc) is 2.99. The number of non-ortho nitro benzene ring substituents is 2.